The van der Waals surface area contributed by atoms with Crippen molar-refractivity contribution in [2.75, 3.05) is 0 Å². The summed E-state index contributed by atoms with van der Waals surface area (Å²) in [5.41, 5.74) is 1.61. The van der Waals surface area contributed by atoms with Crippen LogP contribution in [0.2, 0.25) is 0 Å². The van der Waals surface area contributed by atoms with E-state index in [0.29, 0.717) is 5.56 Å². The van der Waals surface area contributed by atoms with Gasteiger partial charge in [0.05, 0.1) is 0 Å². The molecule has 0 aliphatic carbocycles. The molecule has 4 heteroatoms. The van der Waals surface area contributed by atoms with Gasteiger partial charge in [-0.1, -0.05) is 24.3 Å². The van der Waals surface area contributed by atoms with Crippen molar-refractivity contribution < 1.29 is 4.79 Å². The van der Waals surface area contributed by atoms with Crippen molar-refractivity contribution in [1.82, 2.24) is 0 Å². The van der Waals surface area contributed by atoms with Gasteiger partial charge in [-0.3, -0.25) is 4.79 Å². The third-order valence-corrected chi connectivity index (χ3v) is 4.27. The monoisotopic (exact) mass is 331 g/mol. The fourth-order valence-electron chi connectivity index (χ4n) is 1.67. The third-order valence-electron chi connectivity index (χ3n) is 2.63. The minimum absolute atomic E-state index is 0.156. The highest BCUT2D eigenvalue weighted by molar-refractivity contribution is 9.10. The van der Waals surface area contributed by atoms with Gasteiger partial charge >= 0.3 is 0 Å². The number of carbonyl (C=O) groups excluding carboxylic acids is 1. The Bertz CT molecular complexity index is 694. The number of halogens is 1. The lowest BCUT2D eigenvalue weighted by atomic mass is 9.99. The van der Waals surface area contributed by atoms with Crippen LogP contribution in [0.15, 0.2) is 45.8 Å². The Kier molecular flexibility index (Phi) is 4.31. The summed E-state index contributed by atoms with van der Waals surface area (Å²) in [5, 5.41) is 11.1. The molecule has 1 aromatic heterocycles. The van der Waals surface area contributed by atoms with E-state index in [1.165, 1.54) is 11.3 Å². The van der Waals surface area contributed by atoms with Crippen LogP contribution in [-0.4, -0.2) is 5.78 Å². The first kappa shape index (κ1) is 13.7. The van der Waals surface area contributed by atoms with Gasteiger partial charge in [-0.15, -0.1) is 11.3 Å². The summed E-state index contributed by atoms with van der Waals surface area (Å²) in [6.07, 6.45) is 1.63. The van der Waals surface area contributed by atoms with Crippen LogP contribution in [0, 0.1) is 18.3 Å². The second kappa shape index (κ2) is 5.96. The topological polar surface area (TPSA) is 40.9 Å². The molecule has 0 bridgehead atoms. The molecule has 2 nitrogen and oxygen atoms in total. The molecule has 0 atom stereocenters. The SMILES string of the molecule is Cc1ccccc1C(=O)/C(C#N)=C/c1cc(Br)cs1. The molecule has 0 saturated heterocycles. The van der Waals surface area contributed by atoms with E-state index in [9.17, 15) is 10.1 Å². The minimum Gasteiger partial charge on any atom is -0.288 e. The number of Topliss-reactive ketones (excluding diaryl/α,β-unsaturated/α-hetero) is 1. The molecule has 0 saturated carbocycles. The van der Waals surface area contributed by atoms with Gasteiger partial charge in [0.25, 0.3) is 0 Å². The molecule has 1 heterocycles. The second-order valence-electron chi connectivity index (χ2n) is 3.98. The van der Waals surface area contributed by atoms with Gasteiger partial charge in [0.15, 0.2) is 0 Å². The lowest BCUT2D eigenvalue weighted by Gasteiger charge is -2.02. The summed E-state index contributed by atoms with van der Waals surface area (Å²) in [6.45, 7) is 1.87. The number of hydrogen-bond donors (Lipinski definition) is 0. The highest BCUT2D eigenvalue weighted by Gasteiger charge is 2.14. The van der Waals surface area contributed by atoms with Gasteiger partial charge in [-0.2, -0.15) is 5.26 Å². The normalized spacial score (nSPS) is 11.1. The molecule has 0 fully saturated rings. The smallest absolute Gasteiger partial charge is 0.203 e. The maximum absolute atomic E-state index is 12.3. The highest BCUT2D eigenvalue weighted by Crippen LogP contribution is 2.23. The van der Waals surface area contributed by atoms with E-state index in [2.05, 4.69) is 15.9 Å². The Labute approximate surface area is 124 Å². The van der Waals surface area contributed by atoms with Crippen LogP contribution in [-0.2, 0) is 0 Å². The molecule has 0 radical (unpaired) electrons. The second-order valence-corrected chi connectivity index (χ2v) is 5.84. The number of nitrogens with zero attached hydrogens (tertiary/aromatic N) is 1. The van der Waals surface area contributed by atoms with Crippen LogP contribution in [0.3, 0.4) is 0 Å². The lowest BCUT2D eigenvalue weighted by Crippen LogP contribution is -2.03. The number of aryl methyl sites for hydroxylation is 1. The zero-order valence-corrected chi connectivity index (χ0v) is 12.6. The van der Waals surface area contributed by atoms with Crippen molar-refractivity contribution in [3.05, 3.63) is 61.8 Å². The maximum Gasteiger partial charge on any atom is 0.203 e. The van der Waals surface area contributed by atoms with Crippen molar-refractivity contribution in [2.45, 2.75) is 6.92 Å². The summed E-state index contributed by atoms with van der Waals surface area (Å²) in [7, 11) is 0. The first-order valence-corrected chi connectivity index (χ1v) is 7.25. The molecule has 0 unspecified atom stereocenters. The van der Waals surface area contributed by atoms with Gasteiger partial charge in [0.2, 0.25) is 5.78 Å². The summed E-state index contributed by atoms with van der Waals surface area (Å²) in [4.78, 5) is 13.2. The Balaban J connectivity index is 2.39. The number of rotatable bonds is 3. The van der Waals surface area contributed by atoms with E-state index in [4.69, 9.17) is 0 Å². The van der Waals surface area contributed by atoms with E-state index < -0.39 is 0 Å². The van der Waals surface area contributed by atoms with Gasteiger partial charge in [-0.25, -0.2) is 0 Å². The zero-order chi connectivity index (χ0) is 13.8. The minimum atomic E-state index is -0.231. The van der Waals surface area contributed by atoms with Gasteiger partial charge < -0.3 is 0 Å². The van der Waals surface area contributed by atoms with E-state index >= 15 is 0 Å². The molecule has 0 aliphatic rings. The van der Waals surface area contributed by atoms with E-state index in [-0.39, 0.29) is 11.4 Å². The van der Waals surface area contributed by atoms with Crippen LogP contribution in [0.25, 0.3) is 6.08 Å². The summed E-state index contributed by atoms with van der Waals surface area (Å²) >= 11 is 4.83. The van der Waals surface area contributed by atoms with Crippen LogP contribution < -0.4 is 0 Å². The highest BCUT2D eigenvalue weighted by atomic mass is 79.9. The van der Waals surface area contributed by atoms with Crippen molar-refractivity contribution in [3.8, 4) is 6.07 Å². The van der Waals surface area contributed by atoms with Crippen LogP contribution in [0.1, 0.15) is 20.8 Å². The predicted octanol–water partition coefficient (Wildman–Crippen LogP) is 4.61. The molecule has 2 aromatic rings. The zero-order valence-electron chi connectivity index (χ0n) is 10.2. The molecule has 2 rings (SSSR count). The fraction of sp³-hybridized carbons (Fsp3) is 0.0667. The van der Waals surface area contributed by atoms with Crippen molar-refractivity contribution >= 4 is 39.1 Å². The summed E-state index contributed by atoms with van der Waals surface area (Å²) in [6, 6.07) is 11.2. The number of thiophene rings is 1. The van der Waals surface area contributed by atoms with Crippen molar-refractivity contribution in [3.63, 3.8) is 0 Å². The molecule has 1 aromatic carbocycles. The Morgan fingerprint density at radius 1 is 1.42 bits per heavy atom. The van der Waals surface area contributed by atoms with E-state index in [1.807, 2.05) is 36.6 Å². The predicted molar refractivity (Wildman–Crippen MR) is 81.1 cm³/mol. The molecule has 0 N–H and O–H groups in total. The number of carbonyl (C=O) groups is 1. The first-order valence-electron chi connectivity index (χ1n) is 5.58. The van der Waals surface area contributed by atoms with Gasteiger partial charge in [0.1, 0.15) is 11.6 Å². The number of allylic oxidation sites excluding steroid dienone is 1. The Hall–Kier alpha value is -1.70. The summed E-state index contributed by atoms with van der Waals surface area (Å²) in [5.74, 6) is -0.231. The quantitative estimate of drug-likeness (QED) is 0.468. The average molecular weight is 332 g/mol. The number of hydrogen-bond acceptors (Lipinski definition) is 3. The van der Waals surface area contributed by atoms with Crippen LogP contribution in [0.4, 0.5) is 0 Å². The van der Waals surface area contributed by atoms with E-state index in [1.54, 1.807) is 18.2 Å². The van der Waals surface area contributed by atoms with Crippen LogP contribution >= 0.6 is 27.3 Å². The van der Waals surface area contributed by atoms with Crippen molar-refractivity contribution in [2.24, 2.45) is 0 Å². The molecule has 0 spiro atoms. The summed E-state index contributed by atoms with van der Waals surface area (Å²) < 4.78 is 0.949. The molecule has 0 amide bonds. The number of benzene rings is 1. The molecule has 94 valence electrons. The number of ketones is 1. The number of nitriles is 1. The molecule has 0 aliphatic heterocycles. The van der Waals surface area contributed by atoms with Crippen molar-refractivity contribution in [1.29, 1.82) is 5.26 Å². The first-order chi connectivity index (χ1) is 9.11. The standard InChI is InChI=1S/C15H10BrNOS/c1-10-4-2-3-5-14(10)15(18)11(8-17)6-13-7-12(16)9-19-13/h2-7,9H,1H3/b11-6+. The Morgan fingerprint density at radius 3 is 2.74 bits per heavy atom. The molecular formula is C15H10BrNOS. The van der Waals surface area contributed by atoms with E-state index in [0.717, 1.165) is 14.9 Å². The third kappa shape index (κ3) is 3.19. The average Bonchev–Trinajstić information content (AvgIpc) is 2.81. The van der Waals surface area contributed by atoms with Gasteiger partial charge in [-0.05, 0) is 40.6 Å². The fourth-order valence-corrected chi connectivity index (χ4v) is 3.04. The van der Waals surface area contributed by atoms with Crippen LogP contribution in [0.5, 0.6) is 0 Å². The maximum atomic E-state index is 12.3. The molecular weight excluding hydrogens is 322 g/mol. The van der Waals surface area contributed by atoms with Gasteiger partial charge in [0, 0.05) is 20.3 Å². The Morgan fingerprint density at radius 2 is 2.16 bits per heavy atom. The largest absolute Gasteiger partial charge is 0.288 e. The lowest BCUT2D eigenvalue weighted by molar-refractivity contribution is 0.103. The molecule has 19 heavy (non-hydrogen) atoms.